The molecule has 140 valence electrons. The highest BCUT2D eigenvalue weighted by molar-refractivity contribution is 5.97. The number of carbonyl (C=O) groups is 2. The first-order valence-electron chi connectivity index (χ1n) is 8.97. The minimum atomic E-state index is -0.645. The number of allylic oxidation sites excluding steroid dienone is 1. The first-order chi connectivity index (χ1) is 13.1. The molecule has 2 aromatic rings. The van der Waals surface area contributed by atoms with Gasteiger partial charge in [0.15, 0.2) is 0 Å². The normalized spacial score (nSPS) is 12.4. The van der Waals surface area contributed by atoms with Gasteiger partial charge in [0.2, 0.25) is 0 Å². The van der Waals surface area contributed by atoms with Crippen LogP contribution in [0.2, 0.25) is 0 Å². The van der Waals surface area contributed by atoms with Crippen molar-refractivity contribution < 1.29 is 9.59 Å². The quantitative estimate of drug-likeness (QED) is 0.555. The van der Waals surface area contributed by atoms with Gasteiger partial charge in [-0.1, -0.05) is 68.5 Å². The minimum Gasteiger partial charge on any atom is -0.340 e. The number of nitrogens with zero attached hydrogens (tertiary/aromatic N) is 1. The molecule has 0 aliphatic carbocycles. The van der Waals surface area contributed by atoms with E-state index in [9.17, 15) is 9.59 Å². The van der Waals surface area contributed by atoms with Crippen molar-refractivity contribution in [3.63, 3.8) is 0 Å². The van der Waals surface area contributed by atoms with Crippen LogP contribution in [0.1, 0.15) is 36.2 Å². The van der Waals surface area contributed by atoms with Gasteiger partial charge in [0.1, 0.15) is 6.04 Å². The van der Waals surface area contributed by atoms with Crippen LogP contribution in [-0.4, -0.2) is 24.1 Å². The van der Waals surface area contributed by atoms with Gasteiger partial charge in [-0.2, -0.15) is 5.10 Å². The molecule has 0 saturated carbocycles. The highest BCUT2D eigenvalue weighted by atomic mass is 16.2. The molecule has 0 unspecified atom stereocenters. The molecule has 27 heavy (non-hydrogen) atoms. The summed E-state index contributed by atoms with van der Waals surface area (Å²) in [4.78, 5) is 24.7. The van der Waals surface area contributed by atoms with Crippen LogP contribution in [0.5, 0.6) is 0 Å². The molecule has 0 heterocycles. The van der Waals surface area contributed by atoms with Crippen LogP contribution in [0.15, 0.2) is 71.8 Å². The molecule has 0 aromatic heterocycles. The van der Waals surface area contributed by atoms with E-state index in [1.54, 1.807) is 30.3 Å². The first kappa shape index (κ1) is 20.1. The average molecular weight is 363 g/mol. The maximum atomic E-state index is 12.4. The molecule has 2 rings (SSSR count). The second-order valence-corrected chi connectivity index (χ2v) is 6.55. The Bertz CT molecular complexity index is 784. The molecule has 2 aromatic carbocycles. The molecule has 0 fully saturated rings. The number of amides is 2. The van der Waals surface area contributed by atoms with Crippen molar-refractivity contribution in [2.75, 3.05) is 0 Å². The van der Waals surface area contributed by atoms with Gasteiger partial charge in [0, 0.05) is 11.8 Å². The molecule has 0 aliphatic rings. The van der Waals surface area contributed by atoms with E-state index < -0.39 is 6.04 Å². The Balaban J connectivity index is 1.92. The largest absolute Gasteiger partial charge is 0.340 e. The molecule has 0 saturated heterocycles. The Morgan fingerprint density at radius 3 is 2.26 bits per heavy atom. The molecular weight excluding hydrogens is 338 g/mol. The molecule has 0 aliphatic heterocycles. The number of hydrazone groups is 1. The topological polar surface area (TPSA) is 70.6 Å². The van der Waals surface area contributed by atoms with E-state index in [4.69, 9.17) is 0 Å². The number of benzene rings is 2. The van der Waals surface area contributed by atoms with Crippen LogP contribution in [0, 0.1) is 5.92 Å². The van der Waals surface area contributed by atoms with Gasteiger partial charge >= 0.3 is 0 Å². The SMILES string of the molecule is CC(C)C[C@@H](NC(=O)c1ccccc1)C(=O)N/N=C\C=C\c1ccccc1. The van der Waals surface area contributed by atoms with Gasteiger partial charge in [-0.3, -0.25) is 9.59 Å². The van der Waals surface area contributed by atoms with Crippen molar-refractivity contribution in [2.45, 2.75) is 26.3 Å². The summed E-state index contributed by atoms with van der Waals surface area (Å²) in [5, 5.41) is 6.72. The maximum absolute atomic E-state index is 12.4. The number of nitrogens with one attached hydrogen (secondary N) is 2. The van der Waals surface area contributed by atoms with Crippen molar-refractivity contribution in [2.24, 2.45) is 11.0 Å². The van der Waals surface area contributed by atoms with E-state index in [2.05, 4.69) is 15.8 Å². The van der Waals surface area contributed by atoms with E-state index in [1.807, 2.05) is 56.3 Å². The van der Waals surface area contributed by atoms with Crippen LogP contribution in [0.25, 0.3) is 6.08 Å². The van der Waals surface area contributed by atoms with Crippen molar-refractivity contribution in [1.29, 1.82) is 0 Å². The third-order valence-corrected chi connectivity index (χ3v) is 3.79. The van der Waals surface area contributed by atoms with Crippen molar-refractivity contribution >= 4 is 24.1 Å². The van der Waals surface area contributed by atoms with E-state index in [0.29, 0.717) is 12.0 Å². The molecule has 1 atom stereocenters. The summed E-state index contributed by atoms with van der Waals surface area (Å²) in [6, 6.07) is 18.0. The molecular formula is C22H25N3O2. The molecule has 0 radical (unpaired) electrons. The fraction of sp³-hybridized carbons (Fsp3) is 0.227. The van der Waals surface area contributed by atoms with Crippen LogP contribution in [0.3, 0.4) is 0 Å². The first-order valence-corrected chi connectivity index (χ1v) is 8.97. The molecule has 0 spiro atoms. The zero-order valence-corrected chi connectivity index (χ0v) is 15.6. The van der Waals surface area contributed by atoms with E-state index in [0.717, 1.165) is 5.56 Å². The Hall–Kier alpha value is -3.21. The maximum Gasteiger partial charge on any atom is 0.262 e. The van der Waals surface area contributed by atoms with Crippen molar-refractivity contribution in [3.05, 3.63) is 77.9 Å². The van der Waals surface area contributed by atoms with E-state index >= 15 is 0 Å². The van der Waals surface area contributed by atoms with Crippen LogP contribution < -0.4 is 10.7 Å². The Morgan fingerprint density at radius 2 is 1.63 bits per heavy atom. The number of rotatable bonds is 8. The summed E-state index contributed by atoms with van der Waals surface area (Å²) in [5.74, 6) is -0.361. The van der Waals surface area contributed by atoms with Gasteiger partial charge in [-0.05, 0) is 36.1 Å². The number of hydrogen-bond acceptors (Lipinski definition) is 3. The molecule has 2 amide bonds. The monoisotopic (exact) mass is 363 g/mol. The van der Waals surface area contributed by atoms with Gasteiger partial charge in [-0.15, -0.1) is 0 Å². The van der Waals surface area contributed by atoms with E-state index in [-0.39, 0.29) is 17.7 Å². The lowest BCUT2D eigenvalue weighted by Crippen LogP contribution is -2.46. The number of hydrogen-bond donors (Lipinski definition) is 2. The Kier molecular flexibility index (Phi) is 7.97. The van der Waals surface area contributed by atoms with Gasteiger partial charge < -0.3 is 5.32 Å². The third kappa shape index (κ3) is 7.28. The van der Waals surface area contributed by atoms with Crippen LogP contribution >= 0.6 is 0 Å². The second-order valence-electron chi connectivity index (χ2n) is 6.55. The van der Waals surface area contributed by atoms with Crippen molar-refractivity contribution in [1.82, 2.24) is 10.7 Å². The second kappa shape index (κ2) is 10.7. The lowest BCUT2D eigenvalue weighted by Gasteiger charge is -2.18. The highest BCUT2D eigenvalue weighted by Gasteiger charge is 2.22. The Labute approximate surface area is 160 Å². The minimum absolute atomic E-state index is 0.249. The average Bonchev–Trinajstić information content (AvgIpc) is 2.68. The lowest BCUT2D eigenvalue weighted by molar-refractivity contribution is -0.123. The molecule has 5 heteroatoms. The predicted octanol–water partition coefficient (Wildman–Crippen LogP) is 3.65. The summed E-state index contributed by atoms with van der Waals surface area (Å²) >= 11 is 0. The van der Waals surface area contributed by atoms with Crippen molar-refractivity contribution in [3.8, 4) is 0 Å². The summed E-state index contributed by atoms with van der Waals surface area (Å²) in [6.45, 7) is 4.00. The smallest absolute Gasteiger partial charge is 0.262 e. The number of carbonyl (C=O) groups excluding carboxylic acids is 2. The highest BCUT2D eigenvalue weighted by Crippen LogP contribution is 2.07. The third-order valence-electron chi connectivity index (χ3n) is 3.79. The van der Waals surface area contributed by atoms with Gasteiger partial charge in [0.05, 0.1) is 0 Å². The zero-order valence-electron chi connectivity index (χ0n) is 15.6. The zero-order chi connectivity index (χ0) is 19.5. The molecule has 2 N–H and O–H groups in total. The predicted molar refractivity (Wildman–Crippen MR) is 109 cm³/mol. The van der Waals surface area contributed by atoms with Gasteiger partial charge in [-0.25, -0.2) is 5.43 Å². The summed E-state index contributed by atoms with van der Waals surface area (Å²) in [6.07, 6.45) is 5.67. The lowest BCUT2D eigenvalue weighted by atomic mass is 10.0. The molecule has 0 bridgehead atoms. The van der Waals surface area contributed by atoms with Crippen LogP contribution in [0.4, 0.5) is 0 Å². The fourth-order valence-electron chi connectivity index (χ4n) is 2.47. The fourth-order valence-corrected chi connectivity index (χ4v) is 2.47. The van der Waals surface area contributed by atoms with Crippen LogP contribution in [-0.2, 0) is 4.79 Å². The standard InChI is InChI=1S/C22H25N3O2/c1-17(2)16-20(24-21(26)19-13-7-4-8-14-19)22(27)25-23-15-9-12-18-10-5-3-6-11-18/h3-15,17,20H,16H2,1-2H3,(H,24,26)(H,25,27)/b12-9+,23-15-/t20-/m1/s1. The summed E-state index contributed by atoms with van der Waals surface area (Å²) in [7, 11) is 0. The van der Waals surface area contributed by atoms with Gasteiger partial charge in [0.25, 0.3) is 11.8 Å². The Morgan fingerprint density at radius 1 is 1.00 bits per heavy atom. The summed E-state index contributed by atoms with van der Waals surface area (Å²) in [5.41, 5.74) is 4.06. The molecule has 5 nitrogen and oxygen atoms in total. The van der Waals surface area contributed by atoms with E-state index in [1.165, 1.54) is 6.21 Å². The summed E-state index contributed by atoms with van der Waals surface area (Å²) < 4.78 is 0.